The minimum absolute atomic E-state index is 0.531. The molecule has 0 radical (unpaired) electrons. The molecule has 0 fully saturated rings. The summed E-state index contributed by atoms with van der Waals surface area (Å²) in [6, 6.07) is 7.39. The summed E-state index contributed by atoms with van der Waals surface area (Å²) in [5.41, 5.74) is 1.30. The van der Waals surface area contributed by atoms with Crippen LogP contribution in [0.4, 0.5) is 0 Å². The number of aliphatic hydroxyl groups excluding tert-OH is 1. The van der Waals surface area contributed by atoms with Gasteiger partial charge in [0.25, 0.3) is 0 Å². The van der Waals surface area contributed by atoms with Crippen LogP contribution in [0.1, 0.15) is 24.3 Å². The highest BCUT2D eigenvalue weighted by atomic mass is 79.9. The molecule has 2 rings (SSSR count). The van der Waals surface area contributed by atoms with Crippen LogP contribution in [0.3, 0.4) is 0 Å². The van der Waals surface area contributed by atoms with E-state index in [1.807, 2.05) is 31.2 Å². The van der Waals surface area contributed by atoms with Crippen molar-refractivity contribution in [1.29, 1.82) is 0 Å². The van der Waals surface area contributed by atoms with Gasteiger partial charge < -0.3 is 9.84 Å². The molecule has 0 aliphatic carbocycles. The Kier molecular flexibility index (Phi) is 3.98. The number of halogens is 1. The van der Waals surface area contributed by atoms with Crippen LogP contribution in [0.5, 0.6) is 5.75 Å². The Labute approximate surface area is 114 Å². The lowest BCUT2D eigenvalue weighted by atomic mass is 10.1. The lowest BCUT2D eigenvalue weighted by Crippen LogP contribution is -2.09. The molecule has 1 heterocycles. The first-order valence-electron chi connectivity index (χ1n) is 5.60. The van der Waals surface area contributed by atoms with Gasteiger partial charge in [-0.2, -0.15) is 0 Å². The summed E-state index contributed by atoms with van der Waals surface area (Å²) >= 11 is 3.28. The van der Waals surface area contributed by atoms with E-state index in [4.69, 9.17) is 4.74 Å². The van der Waals surface area contributed by atoms with Crippen molar-refractivity contribution in [1.82, 2.24) is 15.0 Å². The molecule has 0 spiro atoms. The van der Waals surface area contributed by atoms with Crippen molar-refractivity contribution in [2.75, 3.05) is 6.61 Å². The Morgan fingerprint density at radius 3 is 2.78 bits per heavy atom. The Morgan fingerprint density at radius 2 is 2.17 bits per heavy atom. The smallest absolute Gasteiger partial charge is 0.154 e. The predicted octanol–water partition coefficient (Wildman–Crippen LogP) is 2.06. The topological polar surface area (TPSA) is 60.2 Å². The second-order valence-corrected chi connectivity index (χ2v) is 4.51. The SMILES string of the molecule is CCOc1ccccc1C(O)c1c(Br)nnn1C. The molecule has 0 aliphatic heterocycles. The number of aromatic nitrogens is 3. The largest absolute Gasteiger partial charge is 0.493 e. The molecule has 0 saturated carbocycles. The molecular formula is C12H14BrN3O2. The Bertz CT molecular complexity index is 522. The van der Waals surface area contributed by atoms with Gasteiger partial charge >= 0.3 is 0 Å². The maximum atomic E-state index is 10.4. The Hall–Kier alpha value is -1.40. The van der Waals surface area contributed by atoms with E-state index in [9.17, 15) is 5.11 Å². The molecule has 1 aromatic heterocycles. The average molecular weight is 312 g/mol. The third-order valence-electron chi connectivity index (χ3n) is 2.60. The molecule has 18 heavy (non-hydrogen) atoms. The number of rotatable bonds is 4. The number of aliphatic hydroxyl groups is 1. The van der Waals surface area contributed by atoms with E-state index in [-0.39, 0.29) is 0 Å². The fourth-order valence-electron chi connectivity index (χ4n) is 1.77. The van der Waals surface area contributed by atoms with E-state index < -0.39 is 6.10 Å². The average Bonchev–Trinajstić information content (AvgIpc) is 2.69. The van der Waals surface area contributed by atoms with Gasteiger partial charge in [-0.25, -0.2) is 4.68 Å². The maximum absolute atomic E-state index is 10.4. The summed E-state index contributed by atoms with van der Waals surface area (Å²) in [6.45, 7) is 2.46. The fourth-order valence-corrected chi connectivity index (χ4v) is 2.31. The van der Waals surface area contributed by atoms with Gasteiger partial charge in [-0.05, 0) is 28.9 Å². The first-order valence-corrected chi connectivity index (χ1v) is 6.39. The summed E-state index contributed by atoms with van der Waals surface area (Å²) < 4.78 is 7.58. The van der Waals surface area contributed by atoms with Gasteiger partial charge in [-0.15, -0.1) is 5.10 Å². The molecule has 1 unspecified atom stereocenters. The standard InChI is InChI=1S/C12H14BrN3O2/c1-3-18-9-7-5-4-6-8(9)11(17)10-12(13)14-15-16(10)2/h4-7,11,17H,3H2,1-2H3. The molecule has 96 valence electrons. The Morgan fingerprint density at radius 1 is 1.44 bits per heavy atom. The van der Waals surface area contributed by atoms with Gasteiger partial charge in [-0.3, -0.25) is 0 Å². The van der Waals surface area contributed by atoms with Crippen LogP contribution >= 0.6 is 15.9 Å². The number of ether oxygens (including phenoxy) is 1. The lowest BCUT2D eigenvalue weighted by Gasteiger charge is -2.15. The number of para-hydroxylation sites is 1. The molecule has 0 bridgehead atoms. The summed E-state index contributed by atoms with van der Waals surface area (Å²) in [5, 5.41) is 18.2. The highest BCUT2D eigenvalue weighted by molar-refractivity contribution is 9.10. The van der Waals surface area contributed by atoms with Crippen LogP contribution in [0.2, 0.25) is 0 Å². The number of benzene rings is 1. The quantitative estimate of drug-likeness (QED) is 0.939. The number of hydrogen-bond acceptors (Lipinski definition) is 4. The molecule has 6 heteroatoms. The van der Waals surface area contributed by atoms with Crippen molar-refractivity contribution in [3.8, 4) is 5.75 Å². The van der Waals surface area contributed by atoms with Crippen LogP contribution in [-0.4, -0.2) is 26.7 Å². The van der Waals surface area contributed by atoms with Gasteiger partial charge in [0.1, 0.15) is 17.5 Å². The third kappa shape index (κ3) is 2.39. The van der Waals surface area contributed by atoms with Crippen LogP contribution < -0.4 is 4.74 Å². The van der Waals surface area contributed by atoms with Gasteiger partial charge in [-0.1, -0.05) is 23.4 Å². The monoisotopic (exact) mass is 311 g/mol. The zero-order valence-electron chi connectivity index (χ0n) is 10.2. The second-order valence-electron chi connectivity index (χ2n) is 3.76. The highest BCUT2D eigenvalue weighted by Crippen LogP contribution is 2.32. The molecule has 5 nitrogen and oxygen atoms in total. The van der Waals surface area contributed by atoms with Crippen molar-refractivity contribution in [2.24, 2.45) is 7.05 Å². The van der Waals surface area contributed by atoms with Crippen LogP contribution in [0.25, 0.3) is 0 Å². The zero-order chi connectivity index (χ0) is 13.1. The van der Waals surface area contributed by atoms with Crippen LogP contribution in [0, 0.1) is 0 Å². The van der Waals surface area contributed by atoms with Crippen LogP contribution in [0.15, 0.2) is 28.9 Å². The molecule has 0 amide bonds. The minimum atomic E-state index is -0.831. The lowest BCUT2D eigenvalue weighted by molar-refractivity contribution is 0.201. The molecule has 0 aliphatic rings. The summed E-state index contributed by atoms with van der Waals surface area (Å²) in [4.78, 5) is 0. The first kappa shape index (κ1) is 13.0. The van der Waals surface area contributed by atoms with Gasteiger partial charge in [0.05, 0.1) is 6.61 Å². The van der Waals surface area contributed by atoms with Crippen molar-refractivity contribution >= 4 is 15.9 Å². The van der Waals surface area contributed by atoms with Gasteiger partial charge in [0.2, 0.25) is 0 Å². The van der Waals surface area contributed by atoms with Gasteiger partial charge in [0, 0.05) is 12.6 Å². The molecule has 1 aromatic carbocycles. The molecular weight excluding hydrogens is 298 g/mol. The summed E-state index contributed by atoms with van der Waals surface area (Å²) in [5.74, 6) is 0.667. The number of hydrogen-bond donors (Lipinski definition) is 1. The van der Waals surface area contributed by atoms with E-state index in [1.54, 1.807) is 7.05 Å². The summed E-state index contributed by atoms with van der Waals surface area (Å²) in [6.07, 6.45) is -0.831. The molecule has 1 N–H and O–H groups in total. The second kappa shape index (κ2) is 5.49. The predicted molar refractivity (Wildman–Crippen MR) is 70.4 cm³/mol. The molecule has 0 saturated heterocycles. The molecule has 1 atom stereocenters. The number of nitrogens with zero attached hydrogens (tertiary/aromatic N) is 3. The minimum Gasteiger partial charge on any atom is -0.493 e. The van der Waals surface area contributed by atoms with Crippen LogP contribution in [-0.2, 0) is 7.05 Å². The van der Waals surface area contributed by atoms with E-state index >= 15 is 0 Å². The van der Waals surface area contributed by atoms with E-state index in [0.29, 0.717) is 28.2 Å². The van der Waals surface area contributed by atoms with E-state index in [1.165, 1.54) is 4.68 Å². The first-order chi connectivity index (χ1) is 8.65. The zero-order valence-corrected chi connectivity index (χ0v) is 11.8. The molecule has 2 aromatic rings. The van der Waals surface area contributed by atoms with Crippen molar-refractivity contribution in [3.63, 3.8) is 0 Å². The van der Waals surface area contributed by atoms with Crippen molar-refractivity contribution in [3.05, 3.63) is 40.1 Å². The van der Waals surface area contributed by atoms with E-state index in [0.717, 1.165) is 0 Å². The van der Waals surface area contributed by atoms with Crippen molar-refractivity contribution in [2.45, 2.75) is 13.0 Å². The number of aryl methyl sites for hydroxylation is 1. The fraction of sp³-hybridized carbons (Fsp3) is 0.333. The normalized spacial score (nSPS) is 12.4. The summed E-state index contributed by atoms with van der Waals surface area (Å²) in [7, 11) is 1.74. The highest BCUT2D eigenvalue weighted by Gasteiger charge is 2.22. The Balaban J connectivity index is 2.43. The maximum Gasteiger partial charge on any atom is 0.154 e. The van der Waals surface area contributed by atoms with E-state index in [2.05, 4.69) is 26.2 Å². The van der Waals surface area contributed by atoms with Gasteiger partial charge in [0.15, 0.2) is 4.60 Å². The third-order valence-corrected chi connectivity index (χ3v) is 3.16. The van der Waals surface area contributed by atoms with Crippen molar-refractivity contribution < 1.29 is 9.84 Å².